The summed E-state index contributed by atoms with van der Waals surface area (Å²) in [5.74, 6) is -4.14. The van der Waals surface area contributed by atoms with Crippen molar-refractivity contribution in [3.8, 4) is 0 Å². The van der Waals surface area contributed by atoms with Crippen LogP contribution in [-0.2, 0) is 4.79 Å². The zero-order valence-electron chi connectivity index (χ0n) is 14.4. The second-order valence-corrected chi connectivity index (χ2v) is 7.73. The summed E-state index contributed by atoms with van der Waals surface area (Å²) in [6.07, 6.45) is 0.941. The van der Waals surface area contributed by atoms with E-state index in [1.54, 1.807) is 12.1 Å². The van der Waals surface area contributed by atoms with E-state index >= 15 is 0 Å². The quantitative estimate of drug-likeness (QED) is 0.515. The van der Waals surface area contributed by atoms with Crippen LogP contribution >= 0.6 is 22.6 Å². The fourth-order valence-corrected chi connectivity index (χ4v) is 3.63. The minimum atomic E-state index is -3.02. The van der Waals surface area contributed by atoms with Crippen molar-refractivity contribution in [2.75, 3.05) is 13.1 Å². The lowest BCUT2D eigenvalue weighted by molar-refractivity contribution is -0.131. The Hall–Kier alpha value is -2.17. The number of carbonyl (C=O) groups excluding carboxylic acids is 2. The van der Waals surface area contributed by atoms with Crippen LogP contribution in [0.4, 0.5) is 8.78 Å². The van der Waals surface area contributed by atoms with Crippen molar-refractivity contribution in [1.82, 2.24) is 15.2 Å². The Morgan fingerprint density at radius 2 is 2.15 bits per heavy atom. The van der Waals surface area contributed by atoms with Crippen molar-refractivity contribution in [3.63, 3.8) is 0 Å². The Balaban J connectivity index is 1.73. The molecule has 1 atom stereocenters. The normalized spacial score (nSPS) is 18.5. The molecule has 2 aromatic rings. The zero-order valence-corrected chi connectivity index (χ0v) is 16.6. The first-order valence-electron chi connectivity index (χ1n) is 8.23. The van der Waals surface area contributed by atoms with Crippen LogP contribution in [0.15, 0.2) is 30.5 Å². The fourth-order valence-electron chi connectivity index (χ4n) is 3.13. The second-order valence-electron chi connectivity index (χ2n) is 6.48. The Kier molecular flexibility index (Phi) is 5.41. The first kappa shape index (κ1) is 19.6. The van der Waals surface area contributed by atoms with E-state index in [9.17, 15) is 18.4 Å². The molecule has 0 spiro atoms. The molecule has 2 amide bonds. The number of hydrogen-bond donors (Lipinski definition) is 2. The van der Waals surface area contributed by atoms with Crippen molar-refractivity contribution in [2.45, 2.75) is 25.3 Å². The van der Waals surface area contributed by atoms with Crippen molar-refractivity contribution >= 4 is 51.0 Å². The first-order chi connectivity index (χ1) is 12.7. The second kappa shape index (κ2) is 7.45. The summed E-state index contributed by atoms with van der Waals surface area (Å²) in [6, 6.07) is 6.09. The van der Waals surface area contributed by atoms with Gasteiger partial charge in [0.2, 0.25) is 5.91 Å². The summed E-state index contributed by atoms with van der Waals surface area (Å²) >= 11 is 2.13. The molecule has 2 N–H and O–H groups in total. The van der Waals surface area contributed by atoms with E-state index in [4.69, 9.17) is 5.41 Å². The van der Waals surface area contributed by atoms with Crippen LogP contribution in [0, 0.1) is 8.98 Å². The molecule has 142 valence electrons. The van der Waals surface area contributed by atoms with Gasteiger partial charge in [0.15, 0.2) is 0 Å². The van der Waals surface area contributed by atoms with Gasteiger partial charge in [-0.1, -0.05) is 0 Å². The number of aromatic nitrogens is 1. The summed E-state index contributed by atoms with van der Waals surface area (Å²) in [6.45, 7) is 0.251. The molecule has 1 fully saturated rings. The van der Waals surface area contributed by atoms with E-state index in [2.05, 4.69) is 32.9 Å². The number of likely N-dealkylation sites (tertiary alicyclic amines) is 1. The van der Waals surface area contributed by atoms with Gasteiger partial charge < -0.3 is 15.6 Å². The molecule has 1 saturated heterocycles. The molecule has 1 aliphatic heterocycles. The van der Waals surface area contributed by atoms with Gasteiger partial charge in [-0.15, -0.1) is 0 Å². The fraction of sp³-hybridized carbons (Fsp3) is 0.333. The van der Waals surface area contributed by atoms with Gasteiger partial charge in [0.05, 0.1) is 30.2 Å². The molecule has 1 aliphatic rings. The maximum atomic E-state index is 13.7. The average molecular weight is 486 g/mol. The molecule has 0 saturated carbocycles. The number of alkyl halides is 2. The van der Waals surface area contributed by atoms with Gasteiger partial charge in [-0.3, -0.25) is 14.6 Å². The van der Waals surface area contributed by atoms with Gasteiger partial charge in [0.1, 0.15) is 0 Å². The van der Waals surface area contributed by atoms with Crippen molar-refractivity contribution < 1.29 is 18.4 Å². The molecule has 0 bridgehead atoms. The third kappa shape index (κ3) is 4.23. The number of hydrogen-bond acceptors (Lipinski definition) is 4. The molecule has 6 nitrogen and oxygen atoms in total. The van der Waals surface area contributed by atoms with Crippen molar-refractivity contribution in [1.29, 1.82) is 5.41 Å². The van der Waals surface area contributed by atoms with Gasteiger partial charge in [0, 0.05) is 27.3 Å². The summed E-state index contributed by atoms with van der Waals surface area (Å²) in [5.41, 5.74) is 1.01. The lowest BCUT2D eigenvalue weighted by Crippen LogP contribution is -2.45. The lowest BCUT2D eigenvalue weighted by atomic mass is 10.1. The molecule has 2 heterocycles. The van der Waals surface area contributed by atoms with Crippen LogP contribution in [0.5, 0.6) is 0 Å². The average Bonchev–Trinajstić information content (AvgIpc) is 2.95. The van der Waals surface area contributed by atoms with E-state index in [0.29, 0.717) is 16.5 Å². The van der Waals surface area contributed by atoms with Crippen LogP contribution in [0.25, 0.3) is 10.9 Å². The smallest absolute Gasteiger partial charge is 0.267 e. The third-order valence-electron chi connectivity index (χ3n) is 4.44. The van der Waals surface area contributed by atoms with Gasteiger partial charge in [-0.05, 0) is 53.8 Å². The SMILES string of the molecule is CC(=N)[C@@H]1CC(F)(F)CN1C(=O)CNC(=O)c1ccnc2ccc(I)cc12. The van der Waals surface area contributed by atoms with Gasteiger partial charge in [-0.2, -0.15) is 0 Å². The van der Waals surface area contributed by atoms with E-state index in [0.717, 1.165) is 8.47 Å². The number of nitrogens with zero attached hydrogens (tertiary/aromatic N) is 2. The van der Waals surface area contributed by atoms with Gasteiger partial charge in [0.25, 0.3) is 11.8 Å². The van der Waals surface area contributed by atoms with Crippen LogP contribution < -0.4 is 5.32 Å². The van der Waals surface area contributed by atoms with E-state index in [1.807, 2.05) is 12.1 Å². The standard InChI is InChI=1S/C18H17F2IN4O2/c1-10(22)15-7-18(19,20)9-25(15)16(26)8-24-17(27)12-4-5-23-14-3-2-11(21)6-13(12)14/h2-6,15,22H,7-9H2,1H3,(H,24,27)/t15-/m0/s1. The van der Waals surface area contributed by atoms with Crippen LogP contribution in [0.1, 0.15) is 23.7 Å². The summed E-state index contributed by atoms with van der Waals surface area (Å²) in [4.78, 5) is 30.1. The molecule has 1 aromatic carbocycles. The molecule has 9 heteroatoms. The molecular weight excluding hydrogens is 469 g/mol. The molecule has 0 unspecified atom stereocenters. The number of carbonyl (C=O) groups is 2. The molecule has 0 aliphatic carbocycles. The number of rotatable bonds is 4. The number of pyridine rings is 1. The number of benzene rings is 1. The summed E-state index contributed by atoms with van der Waals surface area (Å²) in [5, 5.41) is 10.8. The largest absolute Gasteiger partial charge is 0.343 e. The molecule has 1 aromatic heterocycles. The lowest BCUT2D eigenvalue weighted by Gasteiger charge is -2.23. The van der Waals surface area contributed by atoms with Crippen LogP contribution in [-0.4, -0.2) is 52.5 Å². The first-order valence-corrected chi connectivity index (χ1v) is 9.30. The van der Waals surface area contributed by atoms with Crippen molar-refractivity contribution in [2.24, 2.45) is 0 Å². The molecule has 0 radical (unpaired) electrons. The molecule has 27 heavy (non-hydrogen) atoms. The highest BCUT2D eigenvalue weighted by Gasteiger charge is 2.47. The predicted molar refractivity (Wildman–Crippen MR) is 105 cm³/mol. The Morgan fingerprint density at radius 1 is 1.41 bits per heavy atom. The summed E-state index contributed by atoms with van der Waals surface area (Å²) < 4.78 is 28.2. The Labute approximate surface area is 168 Å². The van der Waals surface area contributed by atoms with Crippen LogP contribution in [0.3, 0.4) is 0 Å². The molecule has 3 rings (SSSR count). The Morgan fingerprint density at radius 3 is 2.85 bits per heavy atom. The summed E-state index contributed by atoms with van der Waals surface area (Å²) in [7, 11) is 0. The number of fused-ring (bicyclic) bond motifs is 1. The maximum absolute atomic E-state index is 13.7. The van der Waals surface area contributed by atoms with E-state index in [1.165, 1.54) is 13.1 Å². The van der Waals surface area contributed by atoms with Gasteiger partial charge in [-0.25, -0.2) is 8.78 Å². The van der Waals surface area contributed by atoms with Crippen molar-refractivity contribution in [3.05, 3.63) is 39.6 Å². The van der Waals surface area contributed by atoms with Gasteiger partial charge >= 0.3 is 0 Å². The maximum Gasteiger partial charge on any atom is 0.267 e. The highest BCUT2D eigenvalue weighted by molar-refractivity contribution is 14.1. The highest BCUT2D eigenvalue weighted by Crippen LogP contribution is 2.32. The Bertz CT molecular complexity index is 935. The van der Waals surface area contributed by atoms with E-state index < -0.39 is 43.3 Å². The topological polar surface area (TPSA) is 86.2 Å². The minimum Gasteiger partial charge on any atom is -0.343 e. The van der Waals surface area contributed by atoms with Crippen LogP contribution in [0.2, 0.25) is 0 Å². The van der Waals surface area contributed by atoms with E-state index in [-0.39, 0.29) is 5.71 Å². The predicted octanol–water partition coefficient (Wildman–Crippen LogP) is 2.85. The highest BCUT2D eigenvalue weighted by atomic mass is 127. The number of amides is 2. The minimum absolute atomic E-state index is 0.00144. The molecular formula is C18H17F2IN4O2. The number of halogens is 3. The zero-order chi connectivity index (χ0) is 19.8. The monoisotopic (exact) mass is 486 g/mol. The third-order valence-corrected chi connectivity index (χ3v) is 5.11. The number of nitrogens with one attached hydrogen (secondary N) is 2.